The Bertz CT molecular complexity index is 643. The number of rotatable bonds is 2. The molecule has 0 spiro atoms. The number of phenols is 2. The molecule has 0 aliphatic heterocycles. The maximum atomic E-state index is 9.77. The fourth-order valence-electron chi connectivity index (χ4n) is 1.32. The number of ether oxygens (including phenoxy) is 1. The van der Waals surface area contributed by atoms with E-state index in [-0.39, 0.29) is 43.1 Å². The number of benzene rings is 2. The van der Waals surface area contributed by atoms with Crippen molar-refractivity contribution in [1.82, 2.24) is 0 Å². The Kier molecular flexibility index (Phi) is 4.21. The zero-order valence-electron chi connectivity index (χ0n) is 9.12. The van der Waals surface area contributed by atoms with E-state index < -0.39 is 0 Å². The van der Waals surface area contributed by atoms with Crippen LogP contribution in [0.25, 0.3) is 0 Å². The van der Waals surface area contributed by atoms with Crippen LogP contribution in [0.2, 0.25) is 20.1 Å². The molecule has 0 heterocycles. The monoisotopic (exact) mass is 338 g/mol. The van der Waals surface area contributed by atoms with Crippen molar-refractivity contribution in [2.24, 2.45) is 0 Å². The summed E-state index contributed by atoms with van der Waals surface area (Å²) >= 11 is 23.1. The Balaban J connectivity index is 2.42. The molecule has 0 aliphatic carbocycles. The van der Waals surface area contributed by atoms with Crippen LogP contribution in [-0.2, 0) is 0 Å². The number of halogens is 4. The first-order valence-corrected chi connectivity index (χ1v) is 6.44. The highest BCUT2D eigenvalue weighted by molar-refractivity contribution is 6.43. The third kappa shape index (κ3) is 2.95. The average molecular weight is 340 g/mol. The molecule has 0 saturated heterocycles. The van der Waals surface area contributed by atoms with E-state index in [2.05, 4.69) is 0 Å². The fraction of sp³-hybridized carbons (Fsp3) is 0. The topological polar surface area (TPSA) is 49.7 Å². The maximum Gasteiger partial charge on any atom is 0.178 e. The van der Waals surface area contributed by atoms with Gasteiger partial charge in [-0.15, -0.1) is 0 Å². The highest BCUT2D eigenvalue weighted by atomic mass is 35.5. The lowest BCUT2D eigenvalue weighted by molar-refractivity contribution is 0.385. The van der Waals surface area contributed by atoms with E-state index in [9.17, 15) is 10.2 Å². The third-order valence-corrected chi connectivity index (χ3v) is 3.77. The highest BCUT2D eigenvalue weighted by Gasteiger charge is 2.14. The minimum absolute atomic E-state index is 0.0306. The van der Waals surface area contributed by atoms with E-state index in [1.54, 1.807) is 0 Å². The quantitative estimate of drug-likeness (QED) is 0.759. The molecule has 0 saturated carbocycles. The molecule has 0 aliphatic rings. The van der Waals surface area contributed by atoms with Gasteiger partial charge in [0.25, 0.3) is 0 Å². The summed E-state index contributed by atoms with van der Waals surface area (Å²) in [7, 11) is 0. The van der Waals surface area contributed by atoms with Crippen LogP contribution in [0.5, 0.6) is 23.0 Å². The standard InChI is InChI=1S/C12H6Cl4O3/c13-5-1-2-9(12(18)11(5)16)19-10-4-7(15)6(14)3-8(10)17/h1-4,17-18H. The fourth-order valence-corrected chi connectivity index (χ4v) is 1.94. The molecule has 0 bridgehead atoms. The van der Waals surface area contributed by atoms with Gasteiger partial charge in [0.05, 0.1) is 15.1 Å². The zero-order valence-corrected chi connectivity index (χ0v) is 12.1. The molecule has 0 atom stereocenters. The molecule has 19 heavy (non-hydrogen) atoms. The van der Waals surface area contributed by atoms with Gasteiger partial charge < -0.3 is 14.9 Å². The van der Waals surface area contributed by atoms with Crippen LogP contribution in [0.1, 0.15) is 0 Å². The summed E-state index contributed by atoms with van der Waals surface area (Å²) in [4.78, 5) is 0. The minimum Gasteiger partial charge on any atom is -0.504 e. The van der Waals surface area contributed by atoms with E-state index in [0.29, 0.717) is 0 Å². The zero-order chi connectivity index (χ0) is 14.2. The van der Waals surface area contributed by atoms with E-state index in [1.807, 2.05) is 0 Å². The molecule has 0 aromatic heterocycles. The second-order valence-corrected chi connectivity index (χ2v) is 5.14. The van der Waals surface area contributed by atoms with Crippen molar-refractivity contribution in [2.75, 3.05) is 0 Å². The van der Waals surface area contributed by atoms with Crippen molar-refractivity contribution < 1.29 is 14.9 Å². The van der Waals surface area contributed by atoms with Gasteiger partial charge in [0.1, 0.15) is 5.02 Å². The molecular weight excluding hydrogens is 334 g/mol. The van der Waals surface area contributed by atoms with Gasteiger partial charge >= 0.3 is 0 Å². The Labute approximate surface area is 128 Å². The largest absolute Gasteiger partial charge is 0.504 e. The van der Waals surface area contributed by atoms with Gasteiger partial charge in [-0.3, -0.25) is 0 Å². The number of phenolic OH excluding ortho intramolecular Hbond substituents is 2. The third-order valence-electron chi connectivity index (χ3n) is 2.25. The summed E-state index contributed by atoms with van der Waals surface area (Å²) in [6.45, 7) is 0. The molecule has 7 heteroatoms. The van der Waals surface area contributed by atoms with E-state index in [1.165, 1.54) is 24.3 Å². The summed E-state index contributed by atoms with van der Waals surface area (Å²) in [5.74, 6) is -0.495. The minimum atomic E-state index is -0.334. The van der Waals surface area contributed by atoms with Gasteiger partial charge in [0, 0.05) is 12.1 Å². The van der Waals surface area contributed by atoms with Crippen molar-refractivity contribution in [1.29, 1.82) is 0 Å². The highest BCUT2D eigenvalue weighted by Crippen LogP contribution is 2.43. The molecule has 2 rings (SSSR count). The summed E-state index contributed by atoms with van der Waals surface area (Å²) in [6, 6.07) is 5.41. The number of aromatic hydroxyl groups is 2. The van der Waals surface area contributed by atoms with Crippen molar-refractivity contribution in [3.05, 3.63) is 44.4 Å². The molecule has 2 N–H and O–H groups in total. The lowest BCUT2D eigenvalue weighted by atomic mass is 10.3. The second kappa shape index (κ2) is 5.55. The van der Waals surface area contributed by atoms with Gasteiger partial charge in [0.15, 0.2) is 23.0 Å². The summed E-state index contributed by atoms with van der Waals surface area (Å²) in [6.07, 6.45) is 0. The molecule has 0 radical (unpaired) electrons. The molecule has 0 unspecified atom stereocenters. The second-order valence-electron chi connectivity index (χ2n) is 3.54. The first-order valence-electron chi connectivity index (χ1n) is 4.93. The molecular formula is C12H6Cl4O3. The SMILES string of the molecule is Oc1cc(Cl)c(Cl)cc1Oc1ccc(Cl)c(Cl)c1O. The number of hydrogen-bond acceptors (Lipinski definition) is 3. The molecule has 0 amide bonds. The smallest absolute Gasteiger partial charge is 0.178 e. The predicted octanol–water partition coefficient (Wildman–Crippen LogP) is 5.50. The van der Waals surface area contributed by atoms with Gasteiger partial charge in [-0.1, -0.05) is 46.4 Å². The van der Waals surface area contributed by atoms with E-state index in [4.69, 9.17) is 51.1 Å². The summed E-state index contributed by atoms with van der Waals surface area (Å²) in [5.41, 5.74) is 0. The van der Waals surface area contributed by atoms with Gasteiger partial charge in [-0.2, -0.15) is 0 Å². The van der Waals surface area contributed by atoms with Crippen LogP contribution < -0.4 is 4.74 Å². The van der Waals surface area contributed by atoms with E-state index in [0.717, 1.165) is 0 Å². The predicted molar refractivity (Wildman–Crippen MR) is 76.3 cm³/mol. The Hall–Kier alpha value is -1.00. The van der Waals surface area contributed by atoms with Crippen LogP contribution >= 0.6 is 46.4 Å². The van der Waals surface area contributed by atoms with Crippen molar-refractivity contribution >= 4 is 46.4 Å². The van der Waals surface area contributed by atoms with Crippen molar-refractivity contribution in [3.8, 4) is 23.0 Å². The molecule has 2 aromatic carbocycles. The maximum absolute atomic E-state index is 9.77. The van der Waals surface area contributed by atoms with Crippen LogP contribution in [0.4, 0.5) is 0 Å². The van der Waals surface area contributed by atoms with Crippen LogP contribution in [0.15, 0.2) is 24.3 Å². The van der Waals surface area contributed by atoms with Gasteiger partial charge in [-0.05, 0) is 12.1 Å². The summed E-state index contributed by atoms with van der Waals surface area (Å²) < 4.78 is 5.33. The van der Waals surface area contributed by atoms with E-state index >= 15 is 0 Å². The van der Waals surface area contributed by atoms with Crippen molar-refractivity contribution in [2.45, 2.75) is 0 Å². The van der Waals surface area contributed by atoms with Crippen LogP contribution in [0, 0.1) is 0 Å². The Morgan fingerprint density at radius 2 is 1.42 bits per heavy atom. The first kappa shape index (κ1) is 14.4. The first-order chi connectivity index (χ1) is 8.90. The average Bonchev–Trinajstić information content (AvgIpc) is 2.36. The lowest BCUT2D eigenvalue weighted by Gasteiger charge is -2.11. The normalized spacial score (nSPS) is 10.5. The molecule has 2 aromatic rings. The van der Waals surface area contributed by atoms with Gasteiger partial charge in [0.2, 0.25) is 0 Å². The lowest BCUT2D eigenvalue weighted by Crippen LogP contribution is -1.87. The summed E-state index contributed by atoms with van der Waals surface area (Å²) in [5, 5.41) is 20.0. The van der Waals surface area contributed by atoms with Crippen LogP contribution in [-0.4, -0.2) is 10.2 Å². The Morgan fingerprint density at radius 1 is 0.789 bits per heavy atom. The van der Waals surface area contributed by atoms with Gasteiger partial charge in [-0.25, -0.2) is 0 Å². The van der Waals surface area contributed by atoms with Crippen molar-refractivity contribution in [3.63, 3.8) is 0 Å². The van der Waals surface area contributed by atoms with Crippen LogP contribution in [0.3, 0.4) is 0 Å². The Morgan fingerprint density at radius 3 is 2.11 bits per heavy atom. The molecule has 3 nitrogen and oxygen atoms in total. The molecule has 0 fully saturated rings. The number of hydrogen-bond donors (Lipinski definition) is 2. The molecule has 100 valence electrons.